The molecule has 0 saturated carbocycles. The predicted octanol–water partition coefficient (Wildman–Crippen LogP) is -0.704. The molecule has 0 aromatic heterocycles. The molecule has 0 fully saturated rings. The summed E-state index contributed by atoms with van der Waals surface area (Å²) < 4.78 is -1.78. The van der Waals surface area contributed by atoms with Crippen molar-refractivity contribution in [2.45, 2.75) is 0 Å². The van der Waals surface area contributed by atoms with Gasteiger partial charge in [-0.1, -0.05) is 0 Å². The van der Waals surface area contributed by atoms with E-state index >= 15 is 0 Å². The van der Waals surface area contributed by atoms with E-state index in [0.717, 1.165) is 0 Å². The topological polar surface area (TPSA) is 289 Å². The van der Waals surface area contributed by atoms with Crippen LogP contribution in [0.1, 0.15) is 0 Å². The molecule has 18 heteroatoms. The Morgan fingerprint density at radius 2 is 0.722 bits per heavy atom. The summed E-state index contributed by atoms with van der Waals surface area (Å²) in [6, 6.07) is 0. The summed E-state index contributed by atoms with van der Waals surface area (Å²) in [4.78, 5) is 34.9. The van der Waals surface area contributed by atoms with E-state index in [1.807, 2.05) is 0 Å². The molecule has 0 saturated heterocycles. The van der Waals surface area contributed by atoms with E-state index in [1.54, 1.807) is 0 Å². The van der Waals surface area contributed by atoms with E-state index in [0.29, 0.717) is 0 Å². The van der Waals surface area contributed by atoms with Crippen LogP contribution < -0.4 is 12.3 Å². The van der Waals surface area contributed by atoms with Gasteiger partial charge in [-0.05, 0) is 0 Å². The van der Waals surface area contributed by atoms with Crippen LogP contribution in [0, 0.1) is 50.9 Å². The minimum Gasteiger partial charge on any atom is 2.00 e. The third-order valence-corrected chi connectivity index (χ3v) is 0.845. The van der Waals surface area contributed by atoms with Crippen LogP contribution in [-0.2, 0) is 39.5 Å². The van der Waals surface area contributed by atoms with Crippen molar-refractivity contribution in [1.29, 1.82) is 0 Å². The first-order chi connectivity index (χ1) is 6.59. The number of nitro groups is 2. The summed E-state index contributed by atoms with van der Waals surface area (Å²) >= 11 is -2.06. The normalized spacial score (nSPS) is 6.00. The van der Waals surface area contributed by atoms with Gasteiger partial charge in [0.2, 0.25) is 0 Å². The van der Waals surface area contributed by atoms with Crippen molar-refractivity contribution in [3.8, 4) is 0 Å². The Balaban J connectivity index is -0.0000000292. The average molecular weight is 552 g/mol. The molecule has 116 valence electrons. The van der Waals surface area contributed by atoms with Gasteiger partial charge in [-0.2, -0.15) is 0 Å². The second kappa shape index (κ2) is 24.6. The van der Waals surface area contributed by atoms with Crippen molar-refractivity contribution >= 4 is 0 Å². The molecule has 0 aliphatic heterocycles. The molecule has 0 atom stereocenters. The van der Waals surface area contributed by atoms with Crippen LogP contribution in [0.5, 0.6) is 0 Å². The van der Waals surface area contributed by atoms with Crippen LogP contribution in [0.2, 0.25) is 0 Å². The Bertz CT molecular complexity index is 211. The van der Waals surface area contributed by atoms with E-state index < -0.39 is 36.2 Å². The Morgan fingerprint density at radius 3 is 0.722 bits per heavy atom. The maximum Gasteiger partial charge on any atom is 2.00 e. The van der Waals surface area contributed by atoms with Gasteiger partial charge in [0.25, 0.3) is 0 Å². The van der Waals surface area contributed by atoms with Crippen molar-refractivity contribution in [3.63, 3.8) is 0 Å². The molecule has 16 nitrogen and oxygen atoms in total. The summed E-state index contributed by atoms with van der Waals surface area (Å²) in [6.45, 7) is 0. The van der Waals surface area contributed by atoms with Gasteiger partial charge in [0, 0.05) is 0 Å². The minimum atomic E-state index is -2.06. The Hall–Kier alpha value is -1.53. The van der Waals surface area contributed by atoms with Crippen molar-refractivity contribution in [2.75, 3.05) is 0 Å². The molecular weight excluding hydrogens is 546 g/mol. The van der Waals surface area contributed by atoms with Crippen molar-refractivity contribution < 1.29 is 56.6 Å². The molecule has 0 aliphatic rings. The van der Waals surface area contributed by atoms with Gasteiger partial charge in [0.15, 0.2) is 0 Å². The smallest absolute Gasteiger partial charge is 2.00 e. The first-order valence-electron chi connectivity index (χ1n) is 2.11. The predicted molar refractivity (Wildman–Crippen MR) is 44.8 cm³/mol. The molecule has 0 bridgehead atoms. The molecule has 0 amide bonds. The van der Waals surface area contributed by atoms with E-state index in [-0.39, 0.29) is 32.7 Å². The Morgan fingerprint density at radius 1 is 0.611 bits per heavy atom. The molecule has 0 radical (unpaired) electrons. The van der Waals surface area contributed by atoms with Crippen molar-refractivity contribution in [3.05, 3.63) is 50.9 Å². The van der Waals surface area contributed by atoms with Gasteiger partial charge in [0.05, 0.1) is 10.2 Å². The Labute approximate surface area is 120 Å². The van der Waals surface area contributed by atoms with Crippen LogP contribution in [0.15, 0.2) is 0 Å². The van der Waals surface area contributed by atoms with Gasteiger partial charge < -0.3 is 42.9 Å². The molecule has 0 aromatic rings. The second-order valence-corrected chi connectivity index (χ2v) is 3.00. The molecule has 0 aliphatic carbocycles. The molecule has 6 N–H and O–H groups in total. The minimum absolute atomic E-state index is 0. The maximum absolute atomic E-state index is 9.22. The molecule has 18 heavy (non-hydrogen) atoms. The average Bonchev–Trinajstić information content (AvgIpc) is 1.78. The largest absolute Gasteiger partial charge is 2.00 e. The third kappa shape index (κ3) is 430. The summed E-state index contributed by atoms with van der Waals surface area (Å²) in [6.07, 6.45) is 0. The second-order valence-electron chi connectivity index (χ2n) is 0.890. The van der Waals surface area contributed by atoms with Gasteiger partial charge >= 0.3 is 66.7 Å². The molecular formula is H6N6O10PdPt. The zero-order valence-corrected chi connectivity index (χ0v) is 11.7. The molecule has 0 unspecified atom stereocenters. The third-order valence-electron chi connectivity index (χ3n) is 0.103. The Kier molecular flexibility index (Phi) is 49.2. The summed E-state index contributed by atoms with van der Waals surface area (Å²) in [5.41, 5.74) is 0. The van der Waals surface area contributed by atoms with Crippen LogP contribution in [0.4, 0.5) is 0 Å². The fourth-order valence-corrected chi connectivity index (χ4v) is 0.345. The first kappa shape index (κ1) is 36.0. The van der Waals surface area contributed by atoms with Crippen LogP contribution in [-0.4, -0.2) is 17.1 Å². The summed E-state index contributed by atoms with van der Waals surface area (Å²) in [7, 11) is 0. The van der Waals surface area contributed by atoms with E-state index in [1.165, 1.54) is 0 Å². The van der Waals surface area contributed by atoms with Crippen LogP contribution in [0.3, 0.4) is 0 Å². The fraction of sp³-hybridized carbons (Fsp3) is 0. The zero-order chi connectivity index (χ0) is 13.0. The zero-order valence-electron chi connectivity index (χ0n) is 7.92. The molecule has 0 aromatic carbocycles. The molecule has 0 heterocycles. The number of hydrogen-bond donors (Lipinski definition) is 2. The van der Waals surface area contributed by atoms with E-state index in [9.17, 15) is 20.2 Å². The standard InChI is InChI=1S/2NO3.2NO2.2H3N.Pd.Pt/c2*2-1(3)4;2*2-1-3;;;;/h;;;;2*1H3;;/q2*-1;;;;;+2;. The fourth-order valence-electron chi connectivity index (χ4n) is 0.0422. The quantitative estimate of drug-likeness (QED) is 0.244. The monoisotopic (exact) mass is 551 g/mol. The summed E-state index contributed by atoms with van der Waals surface area (Å²) in [5.74, 6) is 0. The summed E-state index contributed by atoms with van der Waals surface area (Å²) in [5, 5.41) is 47.9. The van der Waals surface area contributed by atoms with Crippen molar-refractivity contribution in [1.82, 2.24) is 12.3 Å². The van der Waals surface area contributed by atoms with Crippen LogP contribution >= 0.6 is 0 Å². The maximum atomic E-state index is 9.22. The number of nitrogens with zero attached hydrogens (tertiary/aromatic N) is 4. The van der Waals surface area contributed by atoms with Crippen LogP contribution in [0.25, 0.3) is 0 Å². The first-order valence-corrected chi connectivity index (χ1v) is 4.14. The van der Waals surface area contributed by atoms with Gasteiger partial charge in [-0.15, -0.1) is 0 Å². The van der Waals surface area contributed by atoms with Gasteiger partial charge in [0.1, 0.15) is 0 Å². The van der Waals surface area contributed by atoms with Crippen molar-refractivity contribution in [2.24, 2.45) is 0 Å². The van der Waals surface area contributed by atoms with E-state index in [4.69, 9.17) is 30.6 Å². The van der Waals surface area contributed by atoms with E-state index in [2.05, 4.69) is 0 Å². The van der Waals surface area contributed by atoms with Gasteiger partial charge in [-0.25, -0.2) is 0 Å². The number of rotatable bonds is 2. The number of hydrogen-bond acceptors (Lipinski definition) is 12. The molecule has 0 spiro atoms. The SMILES string of the molecule is N.N.O=[N+]([O-])[O-].O=[N+]([O-])[O-].O=[N+]([O-])[Pt][N+](=O)[O-].[Pd+2]. The van der Waals surface area contributed by atoms with Gasteiger partial charge in [-0.3, -0.25) is 0 Å². The molecule has 0 rings (SSSR count).